The van der Waals surface area contributed by atoms with E-state index in [1.807, 2.05) is 24.4 Å². The number of para-hydroxylation sites is 1. The minimum absolute atomic E-state index is 0. The molecule has 1 heterocycles. The summed E-state index contributed by atoms with van der Waals surface area (Å²) in [5.41, 5.74) is 3.19. The topological polar surface area (TPSA) is 64.2 Å². The van der Waals surface area contributed by atoms with Crippen LogP contribution in [-0.4, -0.2) is 37.6 Å². The Morgan fingerprint density at radius 2 is 1.82 bits per heavy atom. The largest absolute Gasteiger partial charge is 0.385 e. The van der Waals surface area contributed by atoms with Gasteiger partial charge < -0.3 is 20.9 Å². The van der Waals surface area contributed by atoms with Gasteiger partial charge in [-0.15, -0.1) is 24.0 Å². The van der Waals surface area contributed by atoms with E-state index in [-0.39, 0.29) is 29.8 Å². The average Bonchev–Trinajstić information content (AvgIpc) is 3.09. The van der Waals surface area contributed by atoms with Crippen molar-refractivity contribution in [2.24, 2.45) is 4.99 Å². The van der Waals surface area contributed by atoms with Crippen LogP contribution < -0.4 is 16.0 Å². The number of aliphatic imine (C=N–C) groups is 1. The Kier molecular flexibility index (Phi) is 9.06. The van der Waals surface area contributed by atoms with Crippen molar-refractivity contribution in [2.75, 3.05) is 32.0 Å². The van der Waals surface area contributed by atoms with Crippen molar-refractivity contribution in [3.05, 3.63) is 66.1 Å². The van der Waals surface area contributed by atoms with E-state index in [4.69, 9.17) is 0 Å². The number of nitrogens with zero attached hydrogens (tertiary/aromatic N) is 1. The van der Waals surface area contributed by atoms with Crippen LogP contribution in [0.2, 0.25) is 0 Å². The van der Waals surface area contributed by atoms with Gasteiger partial charge in [0.2, 0.25) is 0 Å². The summed E-state index contributed by atoms with van der Waals surface area (Å²) in [6.07, 6.45) is 3.72. The zero-order valence-electron chi connectivity index (χ0n) is 16.0. The average molecular weight is 495 g/mol. The molecule has 0 radical (unpaired) electrons. The first kappa shape index (κ1) is 22.0. The summed E-state index contributed by atoms with van der Waals surface area (Å²) in [6, 6.07) is 15.0. The molecule has 0 spiro atoms. The molecule has 0 amide bonds. The van der Waals surface area contributed by atoms with Crippen LogP contribution in [0.1, 0.15) is 12.0 Å². The van der Waals surface area contributed by atoms with Gasteiger partial charge in [0.1, 0.15) is 5.82 Å². The lowest BCUT2D eigenvalue weighted by Gasteiger charge is -2.12. The summed E-state index contributed by atoms with van der Waals surface area (Å²) >= 11 is 0. The Bertz CT molecular complexity index is 879. The molecule has 0 fully saturated rings. The lowest BCUT2D eigenvalue weighted by molar-refractivity contribution is 0.629. The molecule has 5 nitrogen and oxygen atoms in total. The number of hydrogen-bond acceptors (Lipinski definition) is 2. The van der Waals surface area contributed by atoms with E-state index in [9.17, 15) is 4.39 Å². The normalized spacial score (nSPS) is 11.1. The van der Waals surface area contributed by atoms with E-state index in [1.165, 1.54) is 6.07 Å². The second kappa shape index (κ2) is 11.5. The summed E-state index contributed by atoms with van der Waals surface area (Å²) in [5.74, 6) is 0.568. The highest BCUT2D eigenvalue weighted by molar-refractivity contribution is 14.0. The third-order valence-electron chi connectivity index (χ3n) is 4.39. The number of aromatic nitrogens is 1. The van der Waals surface area contributed by atoms with Crippen LogP contribution in [0.5, 0.6) is 0 Å². The van der Waals surface area contributed by atoms with Gasteiger partial charge in [0, 0.05) is 49.5 Å². The molecule has 150 valence electrons. The molecule has 28 heavy (non-hydrogen) atoms. The molecule has 0 aliphatic carbocycles. The maximum atomic E-state index is 13.4. The van der Waals surface area contributed by atoms with Gasteiger partial charge in [-0.3, -0.25) is 4.99 Å². The Morgan fingerprint density at radius 1 is 1.04 bits per heavy atom. The predicted octanol–water partition coefficient (Wildman–Crippen LogP) is 4.13. The van der Waals surface area contributed by atoms with E-state index in [1.54, 1.807) is 19.2 Å². The van der Waals surface area contributed by atoms with Crippen molar-refractivity contribution in [1.82, 2.24) is 15.6 Å². The van der Waals surface area contributed by atoms with Crippen LogP contribution in [-0.2, 0) is 6.42 Å². The van der Waals surface area contributed by atoms with Gasteiger partial charge in [-0.2, -0.15) is 0 Å². The lowest BCUT2D eigenvalue weighted by atomic mass is 10.1. The number of halogens is 2. The Balaban J connectivity index is 0.00000280. The van der Waals surface area contributed by atoms with Crippen molar-refractivity contribution in [1.29, 1.82) is 0 Å². The predicted molar refractivity (Wildman–Crippen MR) is 126 cm³/mol. The van der Waals surface area contributed by atoms with Crippen molar-refractivity contribution in [2.45, 2.75) is 12.8 Å². The molecule has 0 aliphatic heterocycles. The first-order chi connectivity index (χ1) is 13.3. The molecule has 4 N–H and O–H groups in total. The molecule has 3 aromatic rings. The molecule has 7 heteroatoms. The highest BCUT2D eigenvalue weighted by atomic mass is 127. The summed E-state index contributed by atoms with van der Waals surface area (Å²) < 4.78 is 13.4. The first-order valence-electron chi connectivity index (χ1n) is 9.25. The second-order valence-corrected chi connectivity index (χ2v) is 6.33. The van der Waals surface area contributed by atoms with Gasteiger partial charge in [0.15, 0.2) is 5.96 Å². The van der Waals surface area contributed by atoms with Gasteiger partial charge in [-0.1, -0.05) is 18.2 Å². The fourth-order valence-electron chi connectivity index (χ4n) is 2.98. The number of fused-ring (bicyclic) bond motifs is 1. The molecule has 0 atom stereocenters. The van der Waals surface area contributed by atoms with Gasteiger partial charge in [-0.05, 0) is 48.7 Å². The fraction of sp³-hybridized carbons (Fsp3) is 0.286. The van der Waals surface area contributed by atoms with Crippen molar-refractivity contribution < 1.29 is 4.39 Å². The molecule has 0 aliphatic rings. The highest BCUT2D eigenvalue weighted by Gasteiger charge is 2.05. The van der Waals surface area contributed by atoms with Crippen LogP contribution >= 0.6 is 24.0 Å². The minimum atomic E-state index is -0.210. The van der Waals surface area contributed by atoms with E-state index in [2.05, 4.69) is 38.1 Å². The summed E-state index contributed by atoms with van der Waals surface area (Å²) in [4.78, 5) is 7.43. The Hall–Kier alpha value is -2.29. The van der Waals surface area contributed by atoms with Gasteiger partial charge >= 0.3 is 0 Å². The first-order valence-corrected chi connectivity index (χ1v) is 9.25. The maximum absolute atomic E-state index is 13.4. The van der Waals surface area contributed by atoms with Crippen LogP contribution in [0, 0.1) is 5.82 Å². The number of rotatable bonds is 8. The lowest BCUT2D eigenvalue weighted by Crippen LogP contribution is -2.39. The van der Waals surface area contributed by atoms with Gasteiger partial charge in [0.05, 0.1) is 0 Å². The van der Waals surface area contributed by atoms with Gasteiger partial charge in [0.25, 0.3) is 0 Å². The third kappa shape index (κ3) is 6.40. The number of benzene rings is 2. The smallest absolute Gasteiger partial charge is 0.190 e. The summed E-state index contributed by atoms with van der Waals surface area (Å²) in [7, 11) is 1.76. The maximum Gasteiger partial charge on any atom is 0.190 e. The van der Waals surface area contributed by atoms with E-state index in [0.29, 0.717) is 0 Å². The standard InChI is InChI=1S/C21H26FN5.HI/c1-23-21(25-12-5-11-24-18-6-3-2-4-7-18)26-13-10-16-15-27-20-9-8-17(22)14-19(16)20;/h2-4,6-9,14-15,24,27H,5,10-13H2,1H3,(H2,23,25,26);1H. The summed E-state index contributed by atoms with van der Waals surface area (Å²) in [6.45, 7) is 2.46. The van der Waals surface area contributed by atoms with Crippen molar-refractivity contribution >= 4 is 46.5 Å². The minimum Gasteiger partial charge on any atom is -0.385 e. The van der Waals surface area contributed by atoms with E-state index < -0.39 is 0 Å². The zero-order chi connectivity index (χ0) is 18.9. The van der Waals surface area contributed by atoms with Crippen molar-refractivity contribution in [3.8, 4) is 0 Å². The molecule has 0 saturated carbocycles. The SMILES string of the molecule is CN=C(NCCCNc1ccccc1)NCCc1c[nH]c2ccc(F)cc12.I. The fourth-order valence-corrected chi connectivity index (χ4v) is 2.98. The molecule has 2 aromatic carbocycles. The zero-order valence-corrected chi connectivity index (χ0v) is 18.3. The second-order valence-electron chi connectivity index (χ2n) is 6.33. The molecular formula is C21H27FIN5. The number of H-pyrrole nitrogens is 1. The third-order valence-corrected chi connectivity index (χ3v) is 4.39. The molecular weight excluding hydrogens is 468 g/mol. The van der Waals surface area contributed by atoms with E-state index >= 15 is 0 Å². The van der Waals surface area contributed by atoms with Gasteiger partial charge in [-0.25, -0.2) is 4.39 Å². The number of guanidine groups is 1. The van der Waals surface area contributed by atoms with Crippen LogP contribution in [0.25, 0.3) is 10.9 Å². The quantitative estimate of drug-likeness (QED) is 0.165. The Labute approximate surface area is 182 Å². The molecule has 0 saturated heterocycles. The number of hydrogen-bond donors (Lipinski definition) is 4. The number of anilines is 1. The Morgan fingerprint density at radius 3 is 2.61 bits per heavy atom. The molecule has 0 unspecified atom stereocenters. The number of nitrogens with one attached hydrogen (secondary N) is 4. The monoisotopic (exact) mass is 495 g/mol. The van der Waals surface area contributed by atoms with Crippen molar-refractivity contribution in [3.63, 3.8) is 0 Å². The molecule has 0 bridgehead atoms. The number of aromatic amines is 1. The van der Waals surface area contributed by atoms with Crippen LogP contribution in [0.3, 0.4) is 0 Å². The van der Waals surface area contributed by atoms with E-state index in [0.717, 1.165) is 60.6 Å². The summed E-state index contributed by atoms with van der Waals surface area (Å²) in [5, 5.41) is 10.9. The molecule has 1 aromatic heterocycles. The highest BCUT2D eigenvalue weighted by Crippen LogP contribution is 2.19. The molecule has 3 rings (SSSR count). The van der Waals surface area contributed by atoms with Crippen LogP contribution in [0.15, 0.2) is 59.7 Å². The van der Waals surface area contributed by atoms with Crippen LogP contribution in [0.4, 0.5) is 10.1 Å².